The van der Waals surface area contributed by atoms with E-state index < -0.39 is 0 Å². The number of anilines is 1. The molecule has 110 valence electrons. The van der Waals surface area contributed by atoms with Gasteiger partial charge >= 0.3 is 0 Å². The number of hydrogen-bond donors (Lipinski definition) is 1. The van der Waals surface area contributed by atoms with Crippen molar-refractivity contribution in [2.75, 3.05) is 19.0 Å². The third-order valence-electron chi connectivity index (χ3n) is 3.99. The van der Waals surface area contributed by atoms with Crippen molar-refractivity contribution in [2.24, 2.45) is 0 Å². The zero-order valence-electron chi connectivity index (χ0n) is 12.6. The molecule has 1 fully saturated rings. The largest absolute Gasteiger partial charge is 0.373 e. The van der Waals surface area contributed by atoms with Gasteiger partial charge in [-0.15, -0.1) is 0 Å². The van der Waals surface area contributed by atoms with Crippen LogP contribution < -0.4 is 5.32 Å². The quantitative estimate of drug-likeness (QED) is 0.935. The van der Waals surface area contributed by atoms with Crippen molar-refractivity contribution in [3.63, 3.8) is 0 Å². The second-order valence-corrected chi connectivity index (χ2v) is 5.61. The Morgan fingerprint density at radius 3 is 2.62 bits per heavy atom. The molecule has 0 amide bonds. The van der Waals surface area contributed by atoms with Crippen molar-refractivity contribution in [1.29, 1.82) is 0 Å². The molecular formula is C17H21N3O. The average molecular weight is 283 g/mol. The van der Waals surface area contributed by atoms with Crippen molar-refractivity contribution in [3.05, 3.63) is 42.2 Å². The van der Waals surface area contributed by atoms with Gasteiger partial charge in [0.15, 0.2) is 5.82 Å². The number of nitrogens with zero attached hydrogens (tertiary/aromatic N) is 2. The van der Waals surface area contributed by atoms with Crippen molar-refractivity contribution >= 4 is 5.82 Å². The van der Waals surface area contributed by atoms with Gasteiger partial charge in [0.1, 0.15) is 11.4 Å². The topological polar surface area (TPSA) is 47.0 Å². The third-order valence-corrected chi connectivity index (χ3v) is 3.99. The number of nitrogens with one attached hydrogen (secondary N) is 1. The summed E-state index contributed by atoms with van der Waals surface area (Å²) in [6.07, 6.45) is 3.24. The SMILES string of the molecule is CNc1cc(-c2ccccc2)nc(C2(C)CCCCO2)n1. The monoisotopic (exact) mass is 283 g/mol. The molecule has 4 heteroatoms. The lowest BCUT2D eigenvalue weighted by Crippen LogP contribution is -2.32. The number of rotatable bonds is 3. The van der Waals surface area contributed by atoms with E-state index in [2.05, 4.69) is 29.4 Å². The lowest BCUT2D eigenvalue weighted by molar-refractivity contribution is -0.0759. The molecule has 2 aromatic rings. The van der Waals surface area contributed by atoms with Crippen LogP contribution in [0.2, 0.25) is 0 Å². The van der Waals surface area contributed by atoms with Crippen LogP contribution in [0, 0.1) is 0 Å². The fraction of sp³-hybridized carbons (Fsp3) is 0.412. The van der Waals surface area contributed by atoms with Gasteiger partial charge in [-0.25, -0.2) is 9.97 Å². The van der Waals surface area contributed by atoms with Gasteiger partial charge < -0.3 is 10.1 Å². The van der Waals surface area contributed by atoms with E-state index in [1.165, 1.54) is 0 Å². The maximum absolute atomic E-state index is 5.99. The van der Waals surface area contributed by atoms with E-state index in [0.29, 0.717) is 0 Å². The van der Waals surface area contributed by atoms with Crippen LogP contribution in [0.1, 0.15) is 32.0 Å². The van der Waals surface area contributed by atoms with Gasteiger partial charge in [-0.3, -0.25) is 0 Å². The molecule has 1 aromatic heterocycles. The van der Waals surface area contributed by atoms with E-state index in [0.717, 1.165) is 48.8 Å². The number of benzene rings is 1. The van der Waals surface area contributed by atoms with Crippen molar-refractivity contribution in [3.8, 4) is 11.3 Å². The van der Waals surface area contributed by atoms with Gasteiger partial charge in [0.2, 0.25) is 0 Å². The lowest BCUT2D eigenvalue weighted by atomic mass is 9.95. The summed E-state index contributed by atoms with van der Waals surface area (Å²) in [6.45, 7) is 2.88. The van der Waals surface area contributed by atoms with Crippen LogP contribution in [-0.2, 0) is 10.3 Å². The molecular weight excluding hydrogens is 262 g/mol. The number of aromatic nitrogens is 2. The van der Waals surface area contributed by atoms with Crippen LogP contribution in [0.15, 0.2) is 36.4 Å². The molecule has 1 atom stereocenters. The predicted molar refractivity (Wildman–Crippen MR) is 84.2 cm³/mol. The van der Waals surface area contributed by atoms with Crippen LogP contribution in [0.25, 0.3) is 11.3 Å². The van der Waals surface area contributed by atoms with E-state index in [1.54, 1.807) is 0 Å². The highest BCUT2D eigenvalue weighted by atomic mass is 16.5. The molecule has 1 aliphatic heterocycles. The zero-order valence-corrected chi connectivity index (χ0v) is 12.6. The minimum absolute atomic E-state index is 0.380. The van der Waals surface area contributed by atoms with Crippen LogP contribution >= 0.6 is 0 Å². The molecule has 2 heterocycles. The van der Waals surface area contributed by atoms with Gasteiger partial charge in [0.25, 0.3) is 0 Å². The highest BCUT2D eigenvalue weighted by molar-refractivity contribution is 5.62. The molecule has 1 aliphatic rings. The Morgan fingerprint density at radius 1 is 1.14 bits per heavy atom. The lowest BCUT2D eigenvalue weighted by Gasteiger charge is -2.32. The minimum Gasteiger partial charge on any atom is -0.373 e. The van der Waals surface area contributed by atoms with Crippen molar-refractivity contribution in [1.82, 2.24) is 9.97 Å². The highest BCUT2D eigenvalue weighted by Gasteiger charge is 2.33. The molecule has 1 saturated heterocycles. The molecule has 1 unspecified atom stereocenters. The van der Waals surface area contributed by atoms with Gasteiger partial charge in [-0.05, 0) is 26.2 Å². The van der Waals surface area contributed by atoms with Crippen LogP contribution in [0.3, 0.4) is 0 Å². The van der Waals surface area contributed by atoms with Crippen molar-refractivity contribution < 1.29 is 4.74 Å². The average Bonchev–Trinajstić information content (AvgIpc) is 2.56. The minimum atomic E-state index is -0.380. The molecule has 4 nitrogen and oxygen atoms in total. The molecule has 0 aliphatic carbocycles. The summed E-state index contributed by atoms with van der Waals surface area (Å²) in [6, 6.07) is 12.2. The molecule has 0 bridgehead atoms. The van der Waals surface area contributed by atoms with Crippen molar-refractivity contribution in [2.45, 2.75) is 31.8 Å². The zero-order chi connectivity index (χ0) is 14.7. The summed E-state index contributed by atoms with van der Waals surface area (Å²) in [5.41, 5.74) is 1.65. The summed E-state index contributed by atoms with van der Waals surface area (Å²) in [4.78, 5) is 9.40. The number of hydrogen-bond acceptors (Lipinski definition) is 4. The number of ether oxygens (including phenoxy) is 1. The summed E-state index contributed by atoms with van der Waals surface area (Å²) in [5.74, 6) is 1.60. The maximum atomic E-state index is 5.99. The third kappa shape index (κ3) is 2.90. The first-order chi connectivity index (χ1) is 10.2. The first-order valence-electron chi connectivity index (χ1n) is 7.48. The van der Waals surface area contributed by atoms with E-state index in [-0.39, 0.29) is 5.60 Å². The summed E-state index contributed by atoms with van der Waals surface area (Å²) in [5, 5.41) is 3.13. The maximum Gasteiger partial charge on any atom is 0.162 e. The smallest absolute Gasteiger partial charge is 0.162 e. The Hall–Kier alpha value is -1.94. The Bertz CT molecular complexity index is 607. The predicted octanol–water partition coefficient (Wildman–Crippen LogP) is 3.60. The summed E-state index contributed by atoms with van der Waals surface area (Å²) >= 11 is 0. The van der Waals surface area contributed by atoms with Gasteiger partial charge in [0, 0.05) is 25.3 Å². The Kier molecular flexibility index (Phi) is 3.88. The molecule has 0 spiro atoms. The first kappa shape index (κ1) is 14.0. The Balaban J connectivity index is 2.05. The molecule has 1 N–H and O–H groups in total. The second-order valence-electron chi connectivity index (χ2n) is 5.61. The van der Waals surface area contributed by atoms with Gasteiger partial charge in [0.05, 0.1) is 5.69 Å². The van der Waals surface area contributed by atoms with E-state index >= 15 is 0 Å². The molecule has 1 aromatic carbocycles. The van der Waals surface area contributed by atoms with E-state index in [9.17, 15) is 0 Å². The van der Waals surface area contributed by atoms with Crippen LogP contribution in [0.5, 0.6) is 0 Å². The normalized spacial score (nSPS) is 22.0. The Morgan fingerprint density at radius 2 is 1.95 bits per heavy atom. The van der Waals surface area contributed by atoms with Crippen LogP contribution in [-0.4, -0.2) is 23.6 Å². The molecule has 0 radical (unpaired) electrons. The molecule has 0 saturated carbocycles. The summed E-state index contributed by atoms with van der Waals surface area (Å²) in [7, 11) is 1.88. The molecule has 21 heavy (non-hydrogen) atoms. The van der Waals surface area contributed by atoms with Crippen LogP contribution in [0.4, 0.5) is 5.82 Å². The standard InChI is InChI=1S/C17H21N3O/c1-17(10-6-7-11-21-17)16-19-14(12-15(18-2)20-16)13-8-4-3-5-9-13/h3-5,8-9,12H,6-7,10-11H2,1-2H3,(H,18,19,20). The fourth-order valence-electron chi connectivity index (χ4n) is 2.68. The van der Waals surface area contributed by atoms with Gasteiger partial charge in [-0.1, -0.05) is 30.3 Å². The highest BCUT2D eigenvalue weighted by Crippen LogP contribution is 2.34. The Labute approximate surface area is 125 Å². The van der Waals surface area contributed by atoms with E-state index in [1.807, 2.05) is 31.3 Å². The summed E-state index contributed by atoms with van der Waals surface area (Å²) < 4.78 is 5.99. The fourth-order valence-corrected chi connectivity index (χ4v) is 2.68. The molecule has 3 rings (SSSR count). The first-order valence-corrected chi connectivity index (χ1v) is 7.48. The van der Waals surface area contributed by atoms with Gasteiger partial charge in [-0.2, -0.15) is 0 Å². The second kappa shape index (κ2) is 5.82. The van der Waals surface area contributed by atoms with E-state index in [4.69, 9.17) is 9.72 Å².